The summed E-state index contributed by atoms with van der Waals surface area (Å²) in [6.07, 6.45) is 1.86. The van der Waals surface area contributed by atoms with Crippen LogP contribution in [0.3, 0.4) is 0 Å². The number of methoxy groups -OCH3 is 1. The number of carbonyl (C=O) groups excluding carboxylic acids is 1. The van der Waals surface area contributed by atoms with Crippen molar-refractivity contribution in [1.82, 2.24) is 4.98 Å². The van der Waals surface area contributed by atoms with E-state index < -0.39 is 0 Å². The van der Waals surface area contributed by atoms with E-state index in [1.54, 1.807) is 13.2 Å². The topological polar surface area (TPSA) is 52.3 Å². The van der Waals surface area contributed by atoms with Crippen LogP contribution < -0.4 is 4.74 Å². The highest BCUT2D eigenvalue weighted by Gasteiger charge is 2.14. The molecule has 5 heteroatoms. The van der Waals surface area contributed by atoms with Gasteiger partial charge in [0.2, 0.25) is 0 Å². The highest BCUT2D eigenvalue weighted by Crippen LogP contribution is 2.33. The summed E-state index contributed by atoms with van der Waals surface area (Å²) in [7, 11) is 1.56. The van der Waals surface area contributed by atoms with E-state index >= 15 is 0 Å². The van der Waals surface area contributed by atoms with Gasteiger partial charge in [-0.3, -0.25) is 4.79 Å². The fraction of sp³-hybridized carbons (Fsp3) is 0.0909. The molecule has 0 fully saturated rings. The molecule has 0 aliphatic rings. The Labute approximate surface area is 100 Å². The van der Waals surface area contributed by atoms with Gasteiger partial charge in [-0.2, -0.15) is 0 Å². The number of rotatable bonds is 3. The van der Waals surface area contributed by atoms with Gasteiger partial charge in [0.25, 0.3) is 0 Å². The van der Waals surface area contributed by atoms with Crippen LogP contribution in [-0.4, -0.2) is 18.4 Å². The van der Waals surface area contributed by atoms with E-state index in [2.05, 4.69) is 20.9 Å². The Kier molecular flexibility index (Phi) is 3.05. The number of nitrogens with zero attached hydrogens (tertiary/aromatic N) is 1. The van der Waals surface area contributed by atoms with Gasteiger partial charge in [-0.15, -0.1) is 0 Å². The van der Waals surface area contributed by atoms with Gasteiger partial charge >= 0.3 is 0 Å². The van der Waals surface area contributed by atoms with Crippen LogP contribution in [0.4, 0.5) is 0 Å². The van der Waals surface area contributed by atoms with Crippen LogP contribution in [0.25, 0.3) is 11.3 Å². The molecule has 0 N–H and O–H groups in total. The van der Waals surface area contributed by atoms with Gasteiger partial charge in [0, 0.05) is 10.0 Å². The quantitative estimate of drug-likeness (QED) is 0.812. The maximum absolute atomic E-state index is 10.8. The van der Waals surface area contributed by atoms with E-state index in [0.29, 0.717) is 23.3 Å². The molecule has 0 aliphatic heterocycles. The number of carbonyl (C=O) groups is 1. The standard InChI is InChI=1S/C11H8BrNO3/c1-15-9-3-2-7(12)4-8(9)11-10(5-14)16-6-13-11/h2-6H,1H3. The summed E-state index contributed by atoms with van der Waals surface area (Å²) >= 11 is 3.36. The molecule has 0 spiro atoms. The van der Waals surface area contributed by atoms with Gasteiger partial charge in [0.1, 0.15) is 11.4 Å². The Morgan fingerprint density at radius 2 is 2.31 bits per heavy atom. The van der Waals surface area contributed by atoms with E-state index in [4.69, 9.17) is 9.15 Å². The molecule has 2 rings (SSSR count). The second-order valence-corrected chi connectivity index (χ2v) is 3.94. The molecule has 2 aromatic rings. The minimum absolute atomic E-state index is 0.191. The number of halogens is 1. The minimum Gasteiger partial charge on any atom is -0.496 e. The molecule has 1 aromatic carbocycles. The average molecular weight is 282 g/mol. The zero-order chi connectivity index (χ0) is 11.5. The lowest BCUT2D eigenvalue weighted by Crippen LogP contribution is -1.90. The highest BCUT2D eigenvalue weighted by atomic mass is 79.9. The van der Waals surface area contributed by atoms with Crippen LogP contribution in [0.5, 0.6) is 5.75 Å². The minimum atomic E-state index is 0.191. The molecule has 0 saturated heterocycles. The lowest BCUT2D eigenvalue weighted by Gasteiger charge is -2.06. The molecule has 0 atom stereocenters. The normalized spacial score (nSPS) is 10.1. The molecular weight excluding hydrogens is 274 g/mol. The molecule has 0 saturated carbocycles. The summed E-state index contributed by atoms with van der Waals surface area (Å²) in [6.45, 7) is 0. The van der Waals surface area contributed by atoms with Crippen molar-refractivity contribution in [2.75, 3.05) is 7.11 Å². The molecule has 0 amide bonds. The van der Waals surface area contributed by atoms with E-state index in [9.17, 15) is 4.79 Å². The summed E-state index contributed by atoms with van der Waals surface area (Å²) in [5.74, 6) is 0.830. The summed E-state index contributed by atoms with van der Waals surface area (Å²) < 4.78 is 11.0. The number of hydrogen-bond acceptors (Lipinski definition) is 4. The van der Waals surface area contributed by atoms with Gasteiger partial charge in [0.15, 0.2) is 18.4 Å². The second-order valence-electron chi connectivity index (χ2n) is 3.03. The fourth-order valence-corrected chi connectivity index (χ4v) is 1.77. The SMILES string of the molecule is COc1ccc(Br)cc1-c1ncoc1C=O. The summed E-state index contributed by atoms with van der Waals surface area (Å²) in [4.78, 5) is 14.8. The molecule has 0 aliphatic carbocycles. The summed E-state index contributed by atoms with van der Waals surface area (Å²) in [5, 5.41) is 0. The molecule has 0 radical (unpaired) electrons. The van der Waals surface area contributed by atoms with Crippen LogP contribution in [0.2, 0.25) is 0 Å². The van der Waals surface area contributed by atoms with Crippen molar-refractivity contribution < 1.29 is 13.9 Å². The first-order valence-electron chi connectivity index (χ1n) is 4.49. The molecule has 0 bridgehead atoms. The smallest absolute Gasteiger partial charge is 0.194 e. The molecule has 82 valence electrons. The fourth-order valence-electron chi connectivity index (χ4n) is 1.41. The third-order valence-electron chi connectivity index (χ3n) is 2.12. The number of oxazole rings is 1. The van der Waals surface area contributed by atoms with Crippen LogP contribution in [0.1, 0.15) is 10.6 Å². The Morgan fingerprint density at radius 3 is 3.00 bits per heavy atom. The monoisotopic (exact) mass is 281 g/mol. The first-order chi connectivity index (χ1) is 7.76. The van der Waals surface area contributed by atoms with Crippen molar-refractivity contribution in [2.45, 2.75) is 0 Å². The first kappa shape index (κ1) is 10.9. The maximum atomic E-state index is 10.8. The van der Waals surface area contributed by atoms with Crippen LogP contribution in [0.15, 0.2) is 33.5 Å². The Bertz CT molecular complexity index is 522. The van der Waals surface area contributed by atoms with Crippen LogP contribution in [-0.2, 0) is 0 Å². The van der Waals surface area contributed by atoms with Crippen molar-refractivity contribution in [3.05, 3.63) is 34.8 Å². The number of hydrogen-bond donors (Lipinski definition) is 0. The predicted octanol–water partition coefficient (Wildman–Crippen LogP) is 2.93. The lowest BCUT2D eigenvalue weighted by molar-refractivity contribution is 0.110. The zero-order valence-electron chi connectivity index (χ0n) is 8.44. The van der Waals surface area contributed by atoms with E-state index in [0.717, 1.165) is 4.47 Å². The number of ether oxygens (including phenoxy) is 1. The van der Waals surface area contributed by atoms with Gasteiger partial charge < -0.3 is 9.15 Å². The molecular formula is C11H8BrNO3. The Balaban J connectivity index is 2.62. The molecule has 16 heavy (non-hydrogen) atoms. The maximum Gasteiger partial charge on any atom is 0.194 e. The molecule has 1 aromatic heterocycles. The van der Waals surface area contributed by atoms with Gasteiger partial charge in [-0.05, 0) is 18.2 Å². The second kappa shape index (κ2) is 4.49. The third-order valence-corrected chi connectivity index (χ3v) is 2.61. The number of aromatic nitrogens is 1. The van der Waals surface area contributed by atoms with E-state index in [1.807, 2.05) is 12.1 Å². The molecule has 1 heterocycles. The number of aldehydes is 1. The number of benzene rings is 1. The molecule has 0 unspecified atom stereocenters. The van der Waals surface area contributed by atoms with Crippen molar-refractivity contribution in [1.29, 1.82) is 0 Å². The Morgan fingerprint density at radius 1 is 1.50 bits per heavy atom. The largest absolute Gasteiger partial charge is 0.496 e. The molecule has 4 nitrogen and oxygen atoms in total. The Hall–Kier alpha value is -1.62. The van der Waals surface area contributed by atoms with Crippen LogP contribution >= 0.6 is 15.9 Å². The van der Waals surface area contributed by atoms with Crippen molar-refractivity contribution in [3.63, 3.8) is 0 Å². The van der Waals surface area contributed by atoms with Crippen molar-refractivity contribution in [3.8, 4) is 17.0 Å². The summed E-state index contributed by atoms with van der Waals surface area (Å²) in [5.41, 5.74) is 1.20. The summed E-state index contributed by atoms with van der Waals surface area (Å²) in [6, 6.07) is 5.47. The lowest BCUT2D eigenvalue weighted by atomic mass is 10.1. The zero-order valence-corrected chi connectivity index (χ0v) is 10.0. The van der Waals surface area contributed by atoms with Crippen LogP contribution in [0, 0.1) is 0 Å². The third kappa shape index (κ3) is 1.86. The van der Waals surface area contributed by atoms with E-state index in [1.165, 1.54) is 6.39 Å². The van der Waals surface area contributed by atoms with Gasteiger partial charge in [0.05, 0.1) is 7.11 Å². The predicted molar refractivity (Wildman–Crippen MR) is 61.6 cm³/mol. The highest BCUT2D eigenvalue weighted by molar-refractivity contribution is 9.10. The van der Waals surface area contributed by atoms with Crippen molar-refractivity contribution in [2.24, 2.45) is 0 Å². The van der Waals surface area contributed by atoms with Gasteiger partial charge in [-0.25, -0.2) is 4.98 Å². The van der Waals surface area contributed by atoms with Gasteiger partial charge in [-0.1, -0.05) is 15.9 Å². The first-order valence-corrected chi connectivity index (χ1v) is 5.28. The van der Waals surface area contributed by atoms with E-state index in [-0.39, 0.29) is 5.76 Å². The average Bonchev–Trinajstić information content (AvgIpc) is 2.76. The van der Waals surface area contributed by atoms with Crippen molar-refractivity contribution >= 4 is 22.2 Å².